The van der Waals surface area contributed by atoms with E-state index >= 15 is 0 Å². The van der Waals surface area contributed by atoms with Crippen molar-refractivity contribution >= 4 is 0 Å². The molecule has 0 amide bonds. The minimum Gasteiger partial charge on any atom is -0.329 e. The lowest BCUT2D eigenvalue weighted by atomic mass is 10.1. The molecule has 2 unspecified atom stereocenters. The van der Waals surface area contributed by atoms with Crippen molar-refractivity contribution in [3.8, 4) is 0 Å². The molecule has 20 heavy (non-hydrogen) atoms. The van der Waals surface area contributed by atoms with Gasteiger partial charge in [0.2, 0.25) is 0 Å². The van der Waals surface area contributed by atoms with Crippen LogP contribution < -0.4 is 5.32 Å². The number of likely N-dealkylation sites (N-methyl/N-ethyl adjacent to an activating group) is 1. The highest BCUT2D eigenvalue weighted by Crippen LogP contribution is 2.40. The van der Waals surface area contributed by atoms with Crippen molar-refractivity contribution < 1.29 is 0 Å². The molecule has 1 N–H and O–H groups in total. The van der Waals surface area contributed by atoms with Crippen molar-refractivity contribution in [1.29, 1.82) is 0 Å². The fraction of sp³-hybridized carbons (Fsp3) is 0.471. The molecule has 3 rings (SSSR count). The van der Waals surface area contributed by atoms with Crippen LogP contribution >= 0.6 is 0 Å². The van der Waals surface area contributed by atoms with Crippen molar-refractivity contribution in [2.24, 2.45) is 0 Å². The van der Waals surface area contributed by atoms with Crippen molar-refractivity contribution in [1.82, 2.24) is 14.9 Å². The molecule has 0 bridgehead atoms. The predicted molar refractivity (Wildman–Crippen MR) is 81.9 cm³/mol. The second-order valence-corrected chi connectivity index (χ2v) is 5.85. The van der Waals surface area contributed by atoms with Crippen LogP contribution in [0.25, 0.3) is 0 Å². The smallest absolute Gasteiger partial charge is 0.111 e. The largest absolute Gasteiger partial charge is 0.329 e. The Morgan fingerprint density at radius 2 is 2.15 bits per heavy atom. The van der Waals surface area contributed by atoms with Crippen molar-refractivity contribution in [3.05, 3.63) is 53.6 Å². The zero-order chi connectivity index (χ0) is 14.1. The quantitative estimate of drug-likeness (QED) is 0.921. The van der Waals surface area contributed by atoms with Gasteiger partial charge in [-0.2, -0.15) is 0 Å². The summed E-state index contributed by atoms with van der Waals surface area (Å²) < 4.78 is 2.37. The Kier molecular flexibility index (Phi) is 3.62. The van der Waals surface area contributed by atoms with E-state index in [1.807, 2.05) is 6.20 Å². The first-order valence-electron chi connectivity index (χ1n) is 7.56. The lowest BCUT2D eigenvalue weighted by molar-refractivity contribution is 0.374. The molecular formula is C17H23N3. The van der Waals surface area contributed by atoms with Gasteiger partial charge in [0.25, 0.3) is 0 Å². The van der Waals surface area contributed by atoms with Crippen LogP contribution in [0.3, 0.4) is 0 Å². The molecule has 3 heteroatoms. The maximum Gasteiger partial charge on any atom is 0.111 e. The summed E-state index contributed by atoms with van der Waals surface area (Å²) in [6, 6.07) is 9.63. The van der Waals surface area contributed by atoms with Crippen LogP contribution in [0.4, 0.5) is 0 Å². The number of benzene rings is 1. The van der Waals surface area contributed by atoms with Gasteiger partial charge in [-0.3, -0.25) is 0 Å². The number of rotatable bonds is 4. The number of nitrogens with zero attached hydrogens (tertiary/aromatic N) is 2. The zero-order valence-corrected chi connectivity index (χ0v) is 12.5. The maximum atomic E-state index is 4.55. The summed E-state index contributed by atoms with van der Waals surface area (Å²) in [4.78, 5) is 4.55. The molecule has 1 aliphatic rings. The molecule has 1 aromatic heterocycles. The average molecular weight is 269 g/mol. The Morgan fingerprint density at radius 1 is 1.35 bits per heavy atom. The zero-order valence-electron chi connectivity index (χ0n) is 12.5. The first-order valence-corrected chi connectivity index (χ1v) is 7.56. The topological polar surface area (TPSA) is 29.9 Å². The van der Waals surface area contributed by atoms with Crippen LogP contribution in [0.15, 0.2) is 36.7 Å². The second-order valence-electron chi connectivity index (χ2n) is 5.85. The third-order valence-corrected chi connectivity index (χ3v) is 4.20. The molecule has 0 radical (unpaired) electrons. The Morgan fingerprint density at radius 3 is 2.90 bits per heavy atom. The number of hydrogen-bond acceptors (Lipinski definition) is 2. The van der Waals surface area contributed by atoms with Gasteiger partial charge in [0.05, 0.1) is 12.1 Å². The lowest BCUT2D eigenvalue weighted by Crippen LogP contribution is -2.28. The van der Waals surface area contributed by atoms with Gasteiger partial charge in [-0.05, 0) is 24.1 Å². The number of aromatic nitrogens is 2. The van der Waals surface area contributed by atoms with Gasteiger partial charge < -0.3 is 9.88 Å². The Labute approximate surface area is 121 Å². The SMILES string of the molecule is CCNC1c2ccccc2CC1n1ccnc1C(C)C. The summed E-state index contributed by atoms with van der Waals surface area (Å²) in [5, 5.41) is 3.66. The van der Waals surface area contributed by atoms with Gasteiger partial charge in [-0.15, -0.1) is 0 Å². The van der Waals surface area contributed by atoms with E-state index in [1.54, 1.807) is 0 Å². The second kappa shape index (κ2) is 5.41. The number of imidazole rings is 1. The van der Waals surface area contributed by atoms with E-state index in [1.165, 1.54) is 17.0 Å². The van der Waals surface area contributed by atoms with Crippen LogP contribution in [-0.2, 0) is 6.42 Å². The van der Waals surface area contributed by atoms with E-state index in [-0.39, 0.29) is 0 Å². The van der Waals surface area contributed by atoms with Crippen molar-refractivity contribution in [2.75, 3.05) is 6.54 Å². The molecular weight excluding hydrogens is 246 g/mol. The summed E-state index contributed by atoms with van der Waals surface area (Å²) in [5.41, 5.74) is 2.91. The Hall–Kier alpha value is -1.61. The molecule has 106 valence electrons. The highest BCUT2D eigenvalue weighted by atomic mass is 15.1. The average Bonchev–Trinajstić information content (AvgIpc) is 3.04. The fourth-order valence-corrected chi connectivity index (χ4v) is 3.35. The van der Waals surface area contributed by atoms with E-state index in [2.05, 4.69) is 66.1 Å². The molecule has 0 saturated carbocycles. The monoisotopic (exact) mass is 269 g/mol. The molecule has 2 aromatic rings. The molecule has 0 spiro atoms. The van der Waals surface area contributed by atoms with Gasteiger partial charge in [0.1, 0.15) is 5.82 Å². The summed E-state index contributed by atoms with van der Waals surface area (Å²) in [5.74, 6) is 1.64. The molecule has 1 aromatic carbocycles. The molecule has 1 heterocycles. The van der Waals surface area contributed by atoms with Gasteiger partial charge in [-0.25, -0.2) is 4.98 Å². The third-order valence-electron chi connectivity index (χ3n) is 4.20. The van der Waals surface area contributed by atoms with E-state index < -0.39 is 0 Å². The summed E-state index contributed by atoms with van der Waals surface area (Å²) in [6.45, 7) is 7.59. The first kappa shape index (κ1) is 13.4. The number of fused-ring (bicyclic) bond motifs is 1. The molecule has 0 aliphatic heterocycles. The van der Waals surface area contributed by atoms with Crippen LogP contribution in [0, 0.1) is 0 Å². The molecule has 3 nitrogen and oxygen atoms in total. The van der Waals surface area contributed by atoms with Crippen LogP contribution in [0.2, 0.25) is 0 Å². The van der Waals surface area contributed by atoms with Gasteiger partial charge in [-0.1, -0.05) is 45.0 Å². The van der Waals surface area contributed by atoms with Crippen LogP contribution in [0.5, 0.6) is 0 Å². The summed E-state index contributed by atoms with van der Waals surface area (Å²) in [6.07, 6.45) is 5.15. The fourth-order valence-electron chi connectivity index (χ4n) is 3.35. The Bertz CT molecular complexity index is 585. The molecule has 0 saturated heterocycles. The highest BCUT2D eigenvalue weighted by Gasteiger charge is 2.33. The van der Waals surface area contributed by atoms with Crippen molar-refractivity contribution in [2.45, 2.75) is 45.2 Å². The normalized spacial score (nSPS) is 21.4. The molecule has 1 aliphatic carbocycles. The summed E-state index contributed by atoms with van der Waals surface area (Å²) >= 11 is 0. The van der Waals surface area contributed by atoms with E-state index in [9.17, 15) is 0 Å². The van der Waals surface area contributed by atoms with Gasteiger partial charge >= 0.3 is 0 Å². The minimum absolute atomic E-state index is 0.392. The summed E-state index contributed by atoms with van der Waals surface area (Å²) in [7, 11) is 0. The molecule has 2 atom stereocenters. The van der Waals surface area contributed by atoms with E-state index in [4.69, 9.17) is 0 Å². The van der Waals surface area contributed by atoms with Gasteiger partial charge in [0, 0.05) is 18.3 Å². The highest BCUT2D eigenvalue weighted by molar-refractivity contribution is 5.37. The number of hydrogen-bond donors (Lipinski definition) is 1. The first-order chi connectivity index (χ1) is 9.72. The molecule has 0 fully saturated rings. The third kappa shape index (κ3) is 2.16. The van der Waals surface area contributed by atoms with E-state index in [0.29, 0.717) is 18.0 Å². The van der Waals surface area contributed by atoms with Gasteiger partial charge in [0.15, 0.2) is 0 Å². The number of nitrogens with one attached hydrogen (secondary N) is 1. The van der Waals surface area contributed by atoms with Crippen molar-refractivity contribution in [3.63, 3.8) is 0 Å². The lowest BCUT2D eigenvalue weighted by Gasteiger charge is -2.25. The van der Waals surface area contributed by atoms with Crippen LogP contribution in [-0.4, -0.2) is 16.1 Å². The van der Waals surface area contributed by atoms with Crippen LogP contribution in [0.1, 0.15) is 55.7 Å². The van der Waals surface area contributed by atoms with E-state index in [0.717, 1.165) is 13.0 Å². The predicted octanol–water partition coefficient (Wildman–Crippen LogP) is 3.45. The minimum atomic E-state index is 0.392. The Balaban J connectivity index is 2.00. The maximum absolute atomic E-state index is 4.55. The standard InChI is InChI=1S/C17H23N3/c1-4-18-16-14-8-6-5-7-13(14)11-15(16)20-10-9-19-17(20)12(2)3/h5-10,12,15-16,18H,4,11H2,1-3H3.